The van der Waals surface area contributed by atoms with Crippen LogP contribution in [-0.4, -0.2) is 46.3 Å². The van der Waals surface area contributed by atoms with E-state index in [2.05, 4.69) is 4.99 Å². The molecule has 11 heteroatoms. The highest BCUT2D eigenvalue weighted by molar-refractivity contribution is 7.16. The summed E-state index contributed by atoms with van der Waals surface area (Å²) in [4.78, 5) is 55.0. The number of carbonyl (C=O) groups is 4. The van der Waals surface area contributed by atoms with Crippen molar-refractivity contribution in [2.75, 3.05) is 13.2 Å². The number of nitrogens with zero attached hydrogens (tertiary/aromatic N) is 3. The smallest absolute Gasteiger partial charge is 0.326 e. The molecule has 32 heavy (non-hydrogen) atoms. The van der Waals surface area contributed by atoms with Crippen LogP contribution in [0.4, 0.5) is 0 Å². The Balaban J connectivity index is 1.71. The van der Waals surface area contributed by atoms with Crippen LogP contribution in [0.3, 0.4) is 0 Å². The van der Waals surface area contributed by atoms with Gasteiger partial charge in [-0.2, -0.15) is 4.99 Å². The van der Waals surface area contributed by atoms with E-state index >= 15 is 0 Å². The van der Waals surface area contributed by atoms with Gasteiger partial charge in [-0.25, -0.2) is 0 Å². The monoisotopic (exact) mass is 491 g/mol. The molecule has 1 aliphatic heterocycles. The van der Waals surface area contributed by atoms with E-state index in [1.54, 1.807) is 25.1 Å². The number of benzene rings is 2. The summed E-state index contributed by atoms with van der Waals surface area (Å²) >= 11 is 13.5. The van der Waals surface area contributed by atoms with E-state index in [1.165, 1.54) is 22.8 Å². The molecule has 1 aromatic heterocycles. The third kappa shape index (κ3) is 4.06. The molecule has 3 aromatic rings. The summed E-state index contributed by atoms with van der Waals surface area (Å²) in [5, 5.41) is 0.665. The number of rotatable bonds is 5. The average molecular weight is 492 g/mol. The number of thiazole rings is 1. The molecule has 0 atom stereocenters. The van der Waals surface area contributed by atoms with Gasteiger partial charge in [0, 0.05) is 5.02 Å². The van der Waals surface area contributed by atoms with Crippen molar-refractivity contribution in [3.63, 3.8) is 0 Å². The number of carbonyl (C=O) groups excluding carboxylic acids is 4. The van der Waals surface area contributed by atoms with Crippen molar-refractivity contribution in [3.8, 4) is 0 Å². The molecule has 0 unspecified atom stereocenters. The highest BCUT2D eigenvalue weighted by atomic mass is 35.5. The van der Waals surface area contributed by atoms with E-state index in [-0.39, 0.29) is 34.1 Å². The number of halogens is 2. The van der Waals surface area contributed by atoms with Gasteiger partial charge in [0.15, 0.2) is 4.80 Å². The average Bonchev–Trinajstić information content (AvgIpc) is 3.18. The molecule has 0 fully saturated rings. The quantitative estimate of drug-likeness (QED) is 0.402. The summed E-state index contributed by atoms with van der Waals surface area (Å²) in [6.45, 7) is 1.10. The Morgan fingerprint density at radius 2 is 1.72 bits per heavy atom. The van der Waals surface area contributed by atoms with Gasteiger partial charge in [0.05, 0.1) is 33.0 Å². The van der Waals surface area contributed by atoms with Crippen LogP contribution in [-0.2, 0) is 20.9 Å². The zero-order valence-electron chi connectivity index (χ0n) is 16.6. The minimum Gasteiger partial charge on any atom is -0.465 e. The molecule has 0 radical (unpaired) electrons. The van der Waals surface area contributed by atoms with Gasteiger partial charge in [0.25, 0.3) is 17.7 Å². The normalized spacial score (nSPS) is 13.7. The van der Waals surface area contributed by atoms with E-state index in [1.807, 2.05) is 0 Å². The summed E-state index contributed by atoms with van der Waals surface area (Å²) in [7, 11) is 0. The van der Waals surface area contributed by atoms with Crippen molar-refractivity contribution < 1.29 is 23.9 Å². The highest BCUT2D eigenvalue weighted by Crippen LogP contribution is 2.30. The Kier molecular flexibility index (Phi) is 6.14. The number of aromatic nitrogens is 1. The van der Waals surface area contributed by atoms with Crippen LogP contribution < -0.4 is 4.80 Å². The number of imide groups is 1. The second-order valence-corrected chi connectivity index (χ2v) is 8.61. The first kappa shape index (κ1) is 22.2. The van der Waals surface area contributed by atoms with Crippen molar-refractivity contribution >= 4 is 68.4 Å². The maximum atomic E-state index is 12.7. The molecule has 0 saturated carbocycles. The molecular weight excluding hydrogens is 477 g/mol. The van der Waals surface area contributed by atoms with Gasteiger partial charge >= 0.3 is 5.97 Å². The molecule has 1 aliphatic rings. The number of amides is 3. The first-order valence-electron chi connectivity index (χ1n) is 9.47. The molecule has 0 N–H and O–H groups in total. The van der Waals surface area contributed by atoms with Crippen molar-refractivity contribution in [2.45, 2.75) is 13.5 Å². The molecule has 0 spiro atoms. The van der Waals surface area contributed by atoms with Crippen LogP contribution in [0.15, 0.2) is 41.4 Å². The van der Waals surface area contributed by atoms with E-state index in [4.69, 9.17) is 27.9 Å². The van der Waals surface area contributed by atoms with E-state index in [0.717, 1.165) is 16.2 Å². The largest absolute Gasteiger partial charge is 0.465 e. The number of hydrogen-bond donors (Lipinski definition) is 0. The lowest BCUT2D eigenvalue weighted by Crippen LogP contribution is -2.35. The van der Waals surface area contributed by atoms with Gasteiger partial charge in [-0.1, -0.05) is 46.7 Å². The van der Waals surface area contributed by atoms with Crippen molar-refractivity contribution in [3.05, 3.63) is 62.4 Å². The Morgan fingerprint density at radius 1 is 1.06 bits per heavy atom. The van der Waals surface area contributed by atoms with E-state index in [0.29, 0.717) is 15.2 Å². The molecule has 2 aromatic carbocycles. The lowest BCUT2D eigenvalue weighted by molar-refractivity contribution is -0.143. The first-order chi connectivity index (χ1) is 15.3. The fourth-order valence-electron chi connectivity index (χ4n) is 3.36. The topological polar surface area (TPSA) is 98.0 Å². The van der Waals surface area contributed by atoms with Crippen LogP contribution in [0.5, 0.6) is 0 Å². The first-order valence-corrected chi connectivity index (χ1v) is 11.0. The maximum Gasteiger partial charge on any atom is 0.326 e. The Labute approximate surface area is 195 Å². The van der Waals surface area contributed by atoms with Crippen LogP contribution in [0.2, 0.25) is 10.0 Å². The second kappa shape index (κ2) is 8.85. The van der Waals surface area contributed by atoms with Crippen LogP contribution >= 0.6 is 34.5 Å². The lowest BCUT2D eigenvalue weighted by atomic mass is 10.1. The van der Waals surface area contributed by atoms with Gasteiger partial charge in [-0.3, -0.25) is 24.1 Å². The third-order valence-corrected chi connectivity index (χ3v) is 6.21. The highest BCUT2D eigenvalue weighted by Gasteiger charge is 2.36. The Bertz CT molecular complexity index is 1330. The Hall–Kier alpha value is -3.01. The van der Waals surface area contributed by atoms with Gasteiger partial charge < -0.3 is 9.30 Å². The van der Waals surface area contributed by atoms with Crippen molar-refractivity contribution in [1.82, 2.24) is 9.47 Å². The summed E-state index contributed by atoms with van der Waals surface area (Å²) in [6, 6.07) is 9.51. The molecule has 2 heterocycles. The summed E-state index contributed by atoms with van der Waals surface area (Å²) in [6.07, 6.45) is 0. The molecule has 3 amide bonds. The molecule has 164 valence electrons. The van der Waals surface area contributed by atoms with Crippen LogP contribution in [0.25, 0.3) is 10.2 Å². The van der Waals surface area contributed by atoms with E-state index in [9.17, 15) is 19.2 Å². The number of ether oxygens (including phenoxy) is 1. The molecule has 4 rings (SSSR count). The predicted octanol–water partition coefficient (Wildman–Crippen LogP) is 3.30. The van der Waals surface area contributed by atoms with Crippen LogP contribution in [0.1, 0.15) is 27.6 Å². The lowest BCUT2D eigenvalue weighted by Gasteiger charge is -2.10. The number of esters is 1. The summed E-state index contributed by atoms with van der Waals surface area (Å²) in [5.41, 5.74) is 0.957. The molecule has 0 aliphatic carbocycles. The SMILES string of the molecule is CCOC(=O)Cn1c(=NC(=O)CN2C(=O)c3ccccc3C2=O)sc2cc(Cl)cc(Cl)c21. The minimum absolute atomic E-state index is 0.166. The fourth-order valence-corrected chi connectivity index (χ4v) is 5.19. The number of hydrogen-bond acceptors (Lipinski definition) is 6. The van der Waals surface area contributed by atoms with Gasteiger partial charge in [0.1, 0.15) is 13.1 Å². The van der Waals surface area contributed by atoms with Gasteiger partial charge in [-0.05, 0) is 31.2 Å². The molecule has 8 nitrogen and oxygen atoms in total. The third-order valence-electron chi connectivity index (χ3n) is 4.68. The fraction of sp³-hybridized carbons (Fsp3) is 0.190. The van der Waals surface area contributed by atoms with Gasteiger partial charge in [0.2, 0.25) is 0 Å². The molecule has 0 saturated heterocycles. The number of fused-ring (bicyclic) bond motifs is 2. The second-order valence-electron chi connectivity index (χ2n) is 6.76. The van der Waals surface area contributed by atoms with Crippen molar-refractivity contribution in [1.29, 1.82) is 0 Å². The van der Waals surface area contributed by atoms with Crippen molar-refractivity contribution in [2.24, 2.45) is 4.99 Å². The van der Waals surface area contributed by atoms with Crippen LogP contribution in [0, 0.1) is 0 Å². The predicted molar refractivity (Wildman–Crippen MR) is 119 cm³/mol. The maximum absolute atomic E-state index is 12.7. The minimum atomic E-state index is -0.731. The van der Waals surface area contributed by atoms with Gasteiger partial charge in [-0.15, -0.1) is 0 Å². The molecule has 0 bridgehead atoms. The Morgan fingerprint density at radius 3 is 2.34 bits per heavy atom. The summed E-state index contributed by atoms with van der Waals surface area (Å²) in [5.74, 6) is -2.38. The standard InChI is InChI=1S/C21H15Cl2N3O5S/c1-2-31-17(28)10-25-18-14(23)7-11(22)8-15(18)32-21(25)24-16(27)9-26-19(29)12-5-3-4-6-13(12)20(26)30/h3-8H,2,9-10H2,1H3. The molecular formula is C21H15Cl2N3O5S. The summed E-state index contributed by atoms with van der Waals surface area (Å²) < 4.78 is 7.08. The van der Waals surface area contributed by atoms with E-state index < -0.39 is 30.2 Å². The zero-order valence-corrected chi connectivity index (χ0v) is 19.0. The zero-order chi connectivity index (χ0) is 23.0.